The van der Waals surface area contributed by atoms with Crippen LogP contribution < -0.4 is 57.8 Å². The quantitative estimate of drug-likeness (QED) is 0.345. The molecule has 124 valence electrons. The molecule has 0 aromatic carbocycles. The highest BCUT2D eigenvalue weighted by atomic mass is 127. The highest BCUT2D eigenvalue weighted by molar-refractivity contribution is 4.62. The van der Waals surface area contributed by atoms with E-state index >= 15 is 0 Å². The molecule has 2 N–H and O–H groups in total. The van der Waals surface area contributed by atoms with Crippen molar-refractivity contribution in [3.05, 3.63) is 0 Å². The first-order chi connectivity index (χ1) is 8.61. The Bertz CT molecular complexity index is 177. The second-order valence-electron chi connectivity index (χ2n) is 6.82. The zero-order valence-electron chi connectivity index (χ0n) is 14.0. The average Bonchev–Trinajstić information content (AvgIpc) is 2.41. The molecule has 0 radical (unpaired) electrons. The molecule has 0 unspecified atom stereocenters. The maximum absolute atomic E-state index is 2.27. The van der Waals surface area contributed by atoms with Gasteiger partial charge in [-0.1, -0.05) is 12.8 Å². The van der Waals surface area contributed by atoms with Gasteiger partial charge in [-0.3, -0.25) is 0 Å². The van der Waals surface area contributed by atoms with E-state index in [1.54, 1.807) is 9.80 Å². The predicted octanol–water partition coefficient (Wildman–Crippen LogP) is -5.06. The van der Waals surface area contributed by atoms with Crippen LogP contribution in [0.2, 0.25) is 0 Å². The molecule has 2 nitrogen and oxygen atoms in total. The molecule has 0 aliphatic heterocycles. The maximum atomic E-state index is 2.27. The molecule has 0 aromatic rings. The van der Waals surface area contributed by atoms with E-state index in [1.165, 1.54) is 64.2 Å². The third kappa shape index (κ3) is 10.2. The van der Waals surface area contributed by atoms with Gasteiger partial charge < -0.3 is 57.8 Å². The van der Waals surface area contributed by atoms with E-state index in [1.807, 2.05) is 0 Å². The van der Waals surface area contributed by atoms with Gasteiger partial charge in [0.1, 0.15) is 0 Å². The lowest BCUT2D eigenvalue weighted by Gasteiger charge is -2.24. The van der Waals surface area contributed by atoms with Gasteiger partial charge in [-0.2, -0.15) is 0 Å². The van der Waals surface area contributed by atoms with Crippen LogP contribution in [0.25, 0.3) is 0 Å². The van der Waals surface area contributed by atoms with E-state index < -0.39 is 0 Å². The summed E-state index contributed by atoms with van der Waals surface area (Å²) in [5.41, 5.74) is 0. The van der Waals surface area contributed by atoms with Crippen LogP contribution in [0.5, 0.6) is 0 Å². The van der Waals surface area contributed by atoms with Crippen molar-refractivity contribution in [2.75, 3.05) is 28.2 Å². The van der Waals surface area contributed by atoms with Crippen LogP contribution >= 0.6 is 0 Å². The fourth-order valence-electron chi connectivity index (χ4n) is 3.36. The van der Waals surface area contributed by atoms with Crippen LogP contribution in [-0.2, 0) is 0 Å². The van der Waals surface area contributed by atoms with Gasteiger partial charge in [-0.15, -0.1) is 0 Å². The molecule has 0 amide bonds. The van der Waals surface area contributed by atoms with Crippen molar-refractivity contribution < 1.29 is 57.8 Å². The minimum atomic E-state index is 0. The van der Waals surface area contributed by atoms with Crippen molar-refractivity contribution in [3.63, 3.8) is 0 Å². The van der Waals surface area contributed by atoms with Crippen LogP contribution in [0.1, 0.15) is 64.2 Å². The largest absolute Gasteiger partial charge is 1.00 e. The number of rotatable bonds is 2. The van der Waals surface area contributed by atoms with Crippen molar-refractivity contribution in [3.8, 4) is 0 Å². The van der Waals surface area contributed by atoms with E-state index in [0.29, 0.717) is 0 Å². The van der Waals surface area contributed by atoms with Gasteiger partial charge in [0, 0.05) is 0 Å². The molecule has 0 aromatic heterocycles. The molecule has 0 bridgehead atoms. The van der Waals surface area contributed by atoms with Crippen LogP contribution in [0, 0.1) is 0 Å². The number of nitrogens with one attached hydrogen (secondary N) is 2. The third-order valence-corrected chi connectivity index (χ3v) is 4.84. The SMILES string of the molecule is C[NH+](C)C1CCCCC1.C[NH+](C)C1CCCCC1.[I-].[I-]. The van der Waals surface area contributed by atoms with E-state index in [0.717, 1.165) is 12.1 Å². The average molecular weight is 510 g/mol. The number of hydrogen-bond acceptors (Lipinski definition) is 0. The number of halogens is 2. The Balaban J connectivity index is 0. The number of hydrogen-bond donors (Lipinski definition) is 2. The topological polar surface area (TPSA) is 8.88 Å². The summed E-state index contributed by atoms with van der Waals surface area (Å²) < 4.78 is 0. The Labute approximate surface area is 161 Å². The summed E-state index contributed by atoms with van der Waals surface area (Å²) in [6.07, 6.45) is 14.7. The van der Waals surface area contributed by atoms with Crippen LogP contribution in [0.15, 0.2) is 0 Å². The molecule has 0 saturated heterocycles. The van der Waals surface area contributed by atoms with Crippen molar-refractivity contribution in [2.24, 2.45) is 0 Å². The minimum Gasteiger partial charge on any atom is -1.00 e. The molecule has 2 fully saturated rings. The molecule has 0 heterocycles. The van der Waals surface area contributed by atoms with E-state index in [-0.39, 0.29) is 48.0 Å². The van der Waals surface area contributed by atoms with Gasteiger partial charge in [0.15, 0.2) is 0 Å². The standard InChI is InChI=1S/2C8H17N.2HI/c2*1-9(2)8-6-4-3-5-7-8;;/h2*8H,3-7H2,1-2H3;2*1H. The molecule has 4 heteroatoms. The summed E-state index contributed by atoms with van der Waals surface area (Å²) in [6, 6.07) is 1.94. The summed E-state index contributed by atoms with van der Waals surface area (Å²) in [4.78, 5) is 3.30. The zero-order valence-corrected chi connectivity index (χ0v) is 18.3. The Hall–Kier alpha value is 1.38. The molecular weight excluding hydrogens is 474 g/mol. The normalized spacial score (nSPS) is 20.7. The molecule has 0 spiro atoms. The molecule has 2 aliphatic carbocycles. The third-order valence-electron chi connectivity index (χ3n) is 4.84. The highest BCUT2D eigenvalue weighted by Crippen LogP contribution is 2.15. The first kappa shape index (κ1) is 23.6. The number of quaternary nitrogens is 2. The molecule has 2 saturated carbocycles. The van der Waals surface area contributed by atoms with E-state index in [4.69, 9.17) is 0 Å². The lowest BCUT2D eigenvalue weighted by Crippen LogP contribution is -3.10. The van der Waals surface area contributed by atoms with Gasteiger partial charge in [0.2, 0.25) is 0 Å². The van der Waals surface area contributed by atoms with Gasteiger partial charge in [0.05, 0.1) is 40.3 Å². The molecule has 2 aliphatic rings. The van der Waals surface area contributed by atoms with Crippen molar-refractivity contribution in [2.45, 2.75) is 76.3 Å². The summed E-state index contributed by atoms with van der Waals surface area (Å²) in [5.74, 6) is 0. The lowest BCUT2D eigenvalue weighted by molar-refractivity contribution is -0.887. The van der Waals surface area contributed by atoms with Gasteiger partial charge in [-0.05, 0) is 51.4 Å². The highest BCUT2D eigenvalue weighted by Gasteiger charge is 2.18. The smallest absolute Gasteiger partial charge is 0.0870 e. The Kier molecular flexibility index (Phi) is 16.6. The van der Waals surface area contributed by atoms with E-state index in [2.05, 4.69) is 28.2 Å². The second-order valence-corrected chi connectivity index (χ2v) is 6.82. The zero-order chi connectivity index (χ0) is 13.4. The summed E-state index contributed by atoms with van der Waals surface area (Å²) in [7, 11) is 9.10. The summed E-state index contributed by atoms with van der Waals surface area (Å²) in [6.45, 7) is 0. The van der Waals surface area contributed by atoms with Gasteiger partial charge in [0.25, 0.3) is 0 Å². The van der Waals surface area contributed by atoms with Crippen LogP contribution in [0.4, 0.5) is 0 Å². The fraction of sp³-hybridized carbons (Fsp3) is 1.00. The van der Waals surface area contributed by atoms with Gasteiger partial charge >= 0.3 is 0 Å². The fourth-order valence-corrected chi connectivity index (χ4v) is 3.36. The molecule has 20 heavy (non-hydrogen) atoms. The summed E-state index contributed by atoms with van der Waals surface area (Å²) >= 11 is 0. The monoisotopic (exact) mass is 510 g/mol. The Morgan fingerprint density at radius 1 is 0.500 bits per heavy atom. The molecular formula is C16H36I2N2. The van der Waals surface area contributed by atoms with E-state index in [9.17, 15) is 0 Å². The predicted molar refractivity (Wildman–Crippen MR) is 79.4 cm³/mol. The first-order valence-corrected chi connectivity index (χ1v) is 8.21. The minimum absolute atomic E-state index is 0. The molecule has 0 atom stereocenters. The maximum Gasteiger partial charge on any atom is 0.0870 e. The second kappa shape index (κ2) is 14.0. The van der Waals surface area contributed by atoms with Crippen LogP contribution in [0.3, 0.4) is 0 Å². The first-order valence-electron chi connectivity index (χ1n) is 8.21. The molecule has 2 rings (SSSR count). The Morgan fingerprint density at radius 3 is 0.900 bits per heavy atom. The van der Waals surface area contributed by atoms with Crippen LogP contribution in [-0.4, -0.2) is 40.3 Å². The lowest BCUT2D eigenvalue weighted by atomic mass is 9.95. The Morgan fingerprint density at radius 2 is 0.750 bits per heavy atom. The van der Waals surface area contributed by atoms with Gasteiger partial charge in [-0.25, -0.2) is 0 Å². The summed E-state index contributed by atoms with van der Waals surface area (Å²) in [5, 5.41) is 0. The van der Waals surface area contributed by atoms with Crippen molar-refractivity contribution in [1.82, 2.24) is 0 Å². The van der Waals surface area contributed by atoms with Crippen molar-refractivity contribution in [1.29, 1.82) is 0 Å². The van der Waals surface area contributed by atoms with Crippen molar-refractivity contribution >= 4 is 0 Å².